The second kappa shape index (κ2) is 3.49. The molecule has 0 amide bonds. The van der Waals surface area contributed by atoms with Crippen LogP contribution in [0.15, 0.2) is 72.8 Å². The van der Waals surface area contributed by atoms with Crippen LogP contribution in [-0.4, -0.2) is 0 Å². The van der Waals surface area contributed by atoms with Gasteiger partial charge in [-0.1, -0.05) is 72.8 Å². The minimum atomic E-state index is 0. The van der Waals surface area contributed by atoms with E-state index in [1.807, 2.05) is 0 Å². The van der Waals surface area contributed by atoms with Crippen molar-refractivity contribution in [3.8, 4) is 0 Å². The van der Waals surface area contributed by atoms with E-state index in [4.69, 9.17) is 0 Å². The van der Waals surface area contributed by atoms with Gasteiger partial charge in [-0.05, 0) is 43.1 Å². The van der Waals surface area contributed by atoms with Crippen molar-refractivity contribution in [3.05, 3.63) is 72.8 Å². The molecule has 92 valence electrons. The Bertz CT molecular complexity index is 923. The highest BCUT2D eigenvalue weighted by atomic mass is 14.1. The molecule has 0 bridgehead atoms. The van der Waals surface area contributed by atoms with Crippen LogP contribution in [0.25, 0.3) is 43.1 Å². The van der Waals surface area contributed by atoms with Crippen molar-refractivity contribution in [1.82, 2.24) is 0 Å². The second-order valence-corrected chi connectivity index (χ2v) is 5.42. The Morgan fingerprint density at radius 3 is 1.00 bits per heavy atom. The lowest BCUT2D eigenvalue weighted by atomic mass is 9.90. The van der Waals surface area contributed by atoms with Crippen molar-refractivity contribution in [1.29, 1.82) is 0 Å². The molecule has 0 atom stereocenters. The first-order valence-corrected chi connectivity index (χ1v) is 6.98. The van der Waals surface area contributed by atoms with Gasteiger partial charge in [-0.2, -0.15) is 0 Å². The zero-order chi connectivity index (χ0) is 13.1. The molecule has 0 nitrogen and oxygen atoms in total. The van der Waals surface area contributed by atoms with Gasteiger partial charge in [0.05, 0.1) is 0 Å². The Kier molecular flexibility index (Phi) is 1.78. The van der Waals surface area contributed by atoms with Crippen molar-refractivity contribution in [2.45, 2.75) is 0 Å². The summed E-state index contributed by atoms with van der Waals surface area (Å²) in [6.45, 7) is 0. The van der Waals surface area contributed by atoms with Crippen LogP contribution in [-0.2, 0) is 0 Å². The monoisotopic (exact) mass is 253 g/mol. The summed E-state index contributed by atoms with van der Waals surface area (Å²) in [6.07, 6.45) is 0. The average molecular weight is 253 g/mol. The number of hydrogen-bond acceptors (Lipinski definition) is 0. The summed E-state index contributed by atoms with van der Waals surface area (Å²) >= 11 is 0. The van der Waals surface area contributed by atoms with E-state index in [-0.39, 0.29) is 1.43 Å². The van der Waals surface area contributed by atoms with E-state index < -0.39 is 0 Å². The Morgan fingerprint density at radius 1 is 0.400 bits per heavy atom. The lowest BCUT2D eigenvalue weighted by Gasteiger charge is -2.13. The van der Waals surface area contributed by atoms with Gasteiger partial charge in [0.1, 0.15) is 0 Å². The predicted octanol–water partition coefficient (Wildman–Crippen LogP) is 5.85. The summed E-state index contributed by atoms with van der Waals surface area (Å²) in [4.78, 5) is 0. The molecule has 20 heavy (non-hydrogen) atoms. The van der Waals surface area contributed by atoms with Gasteiger partial charge in [-0.15, -0.1) is 0 Å². The quantitative estimate of drug-likeness (QED) is 0.240. The molecule has 0 aliphatic carbocycles. The first-order valence-electron chi connectivity index (χ1n) is 6.98. The van der Waals surface area contributed by atoms with Gasteiger partial charge in [0.25, 0.3) is 0 Å². The van der Waals surface area contributed by atoms with Crippen LogP contribution in [0.3, 0.4) is 0 Å². The van der Waals surface area contributed by atoms with E-state index in [2.05, 4.69) is 72.8 Å². The highest BCUT2D eigenvalue weighted by molar-refractivity contribution is 6.32. The fourth-order valence-corrected chi connectivity index (χ4v) is 3.58. The zero-order valence-electron chi connectivity index (χ0n) is 11.9. The van der Waals surface area contributed by atoms with Crippen molar-refractivity contribution >= 4 is 43.1 Å². The summed E-state index contributed by atoms with van der Waals surface area (Å²) in [5.41, 5.74) is 0. The number of benzene rings is 5. The van der Waals surface area contributed by atoms with Gasteiger partial charge in [-0.25, -0.2) is 0 Å². The summed E-state index contributed by atoms with van der Waals surface area (Å²) in [6, 6.07) is 26.4. The molecule has 0 spiro atoms. The van der Waals surface area contributed by atoms with Crippen molar-refractivity contribution < 1.29 is 1.43 Å². The van der Waals surface area contributed by atoms with E-state index in [1.165, 1.54) is 43.1 Å². The molecule has 0 saturated carbocycles. The molecule has 0 aliphatic heterocycles. The molecule has 0 aromatic heterocycles. The molecule has 5 aromatic rings. The molecule has 5 rings (SSSR count). The van der Waals surface area contributed by atoms with Crippen LogP contribution < -0.4 is 0 Å². The highest BCUT2D eigenvalue weighted by Crippen LogP contribution is 2.39. The van der Waals surface area contributed by atoms with Crippen LogP contribution in [0, 0.1) is 0 Å². The van der Waals surface area contributed by atoms with Crippen LogP contribution in [0.5, 0.6) is 0 Å². The molecule has 0 saturated heterocycles. The van der Waals surface area contributed by atoms with Crippen molar-refractivity contribution in [2.75, 3.05) is 0 Å². The van der Waals surface area contributed by atoms with Crippen LogP contribution >= 0.6 is 0 Å². The minimum absolute atomic E-state index is 0. The molecule has 0 N–H and O–H groups in total. The second-order valence-electron chi connectivity index (χ2n) is 5.42. The average Bonchev–Trinajstić information content (AvgIpc) is 2.52. The van der Waals surface area contributed by atoms with Gasteiger partial charge >= 0.3 is 1.43 Å². The zero-order valence-corrected chi connectivity index (χ0v) is 10.9. The SMILES string of the molecule is [H+].c1cc2cccc3c4cccc5cccc(c(c1)c23)c54. The van der Waals surface area contributed by atoms with E-state index in [0.717, 1.165) is 0 Å². The van der Waals surface area contributed by atoms with Crippen LogP contribution in [0.4, 0.5) is 0 Å². The largest absolute Gasteiger partial charge is 1.00 e. The molecule has 0 heteroatoms. The molecular formula is C20H13+. The van der Waals surface area contributed by atoms with Crippen LogP contribution in [0.1, 0.15) is 1.43 Å². The normalized spacial score (nSPS) is 12.0. The molecular weight excluding hydrogens is 240 g/mol. The third kappa shape index (κ3) is 1.12. The molecule has 0 unspecified atom stereocenters. The Hall–Kier alpha value is -2.60. The lowest BCUT2D eigenvalue weighted by Crippen LogP contribution is -1.85. The third-order valence-corrected chi connectivity index (χ3v) is 4.39. The highest BCUT2D eigenvalue weighted by Gasteiger charge is 2.11. The van der Waals surface area contributed by atoms with E-state index >= 15 is 0 Å². The maximum Gasteiger partial charge on any atom is 1.00 e. The lowest BCUT2D eigenvalue weighted by molar-refractivity contribution is 1.78. The van der Waals surface area contributed by atoms with Crippen LogP contribution in [0.2, 0.25) is 0 Å². The summed E-state index contributed by atoms with van der Waals surface area (Å²) in [5, 5.41) is 10.9. The predicted molar refractivity (Wildman–Crippen MR) is 88.8 cm³/mol. The first-order chi connectivity index (χ1) is 9.93. The molecule has 0 radical (unpaired) electrons. The Morgan fingerprint density at radius 2 is 0.700 bits per heavy atom. The van der Waals surface area contributed by atoms with Gasteiger partial charge in [0.2, 0.25) is 0 Å². The fourth-order valence-electron chi connectivity index (χ4n) is 3.58. The van der Waals surface area contributed by atoms with E-state index in [0.29, 0.717) is 0 Å². The van der Waals surface area contributed by atoms with Crippen molar-refractivity contribution in [2.24, 2.45) is 0 Å². The van der Waals surface area contributed by atoms with Gasteiger partial charge in [0, 0.05) is 0 Å². The standard InChI is InChI=1S/C20H12/c1-5-13-6-2-11-17-18-12-4-8-14-7-3-10-16(20(14)18)15(9-1)19(13)17/h1-12H/p+1. The molecule has 0 aliphatic rings. The van der Waals surface area contributed by atoms with Crippen molar-refractivity contribution in [3.63, 3.8) is 0 Å². The maximum absolute atomic E-state index is 2.25. The molecule has 0 fully saturated rings. The number of hydrogen-bond donors (Lipinski definition) is 0. The first kappa shape index (κ1) is 10.2. The Labute approximate surface area is 118 Å². The number of fused-ring (bicyclic) bond motifs is 2. The summed E-state index contributed by atoms with van der Waals surface area (Å²) in [5.74, 6) is 0. The van der Waals surface area contributed by atoms with Gasteiger partial charge in [0.15, 0.2) is 0 Å². The summed E-state index contributed by atoms with van der Waals surface area (Å²) in [7, 11) is 0. The smallest absolute Gasteiger partial charge is 0.0610 e. The number of rotatable bonds is 0. The van der Waals surface area contributed by atoms with E-state index in [1.54, 1.807) is 0 Å². The molecule has 5 aromatic carbocycles. The fraction of sp³-hybridized carbons (Fsp3) is 0. The third-order valence-electron chi connectivity index (χ3n) is 4.39. The van der Waals surface area contributed by atoms with Gasteiger partial charge in [-0.3, -0.25) is 0 Å². The maximum atomic E-state index is 2.25. The topological polar surface area (TPSA) is 0 Å². The minimum Gasteiger partial charge on any atom is -0.0610 e. The summed E-state index contributed by atoms with van der Waals surface area (Å²) < 4.78 is 0. The Balaban J connectivity index is 0.00000115. The molecule has 0 heterocycles. The van der Waals surface area contributed by atoms with E-state index in [9.17, 15) is 0 Å². The van der Waals surface area contributed by atoms with Gasteiger partial charge < -0.3 is 0 Å².